The Morgan fingerprint density at radius 3 is 2.71 bits per heavy atom. The number of nitrogens with one attached hydrogen (secondary N) is 1. The molecule has 0 aliphatic heterocycles. The van der Waals surface area contributed by atoms with Gasteiger partial charge >= 0.3 is 0 Å². The predicted molar refractivity (Wildman–Crippen MR) is 52.4 cm³/mol. The molecule has 14 heavy (non-hydrogen) atoms. The Bertz CT molecular complexity index is 304. The van der Waals surface area contributed by atoms with Gasteiger partial charge in [-0.1, -0.05) is 0 Å². The third kappa shape index (κ3) is 2.51. The number of aliphatic hydroxyl groups excluding tert-OH is 1. The number of nitrogens with two attached hydrogens (primary N) is 2. The van der Waals surface area contributed by atoms with Crippen molar-refractivity contribution in [3.8, 4) is 0 Å². The number of rotatable bonds is 4. The summed E-state index contributed by atoms with van der Waals surface area (Å²) >= 11 is 0. The summed E-state index contributed by atoms with van der Waals surface area (Å²) in [5.41, 5.74) is 11.2. The third-order valence-electron chi connectivity index (χ3n) is 1.67. The van der Waals surface area contributed by atoms with E-state index in [-0.39, 0.29) is 12.6 Å². The highest BCUT2D eigenvalue weighted by molar-refractivity contribution is 5.30. The van der Waals surface area contributed by atoms with Crippen LogP contribution in [-0.2, 0) is 0 Å². The van der Waals surface area contributed by atoms with Gasteiger partial charge in [-0.25, -0.2) is 0 Å². The van der Waals surface area contributed by atoms with Crippen LogP contribution in [0.3, 0.4) is 0 Å². The molecule has 0 saturated heterocycles. The zero-order valence-corrected chi connectivity index (χ0v) is 7.94. The summed E-state index contributed by atoms with van der Waals surface area (Å²) in [5.74, 6) is 0.879. The van der Waals surface area contributed by atoms with E-state index in [1.807, 2.05) is 0 Å². The van der Waals surface area contributed by atoms with E-state index in [1.165, 1.54) is 0 Å². The Morgan fingerprint density at radius 2 is 2.14 bits per heavy atom. The molecule has 7 heteroatoms. The van der Waals surface area contributed by atoms with Gasteiger partial charge in [0.1, 0.15) is 0 Å². The predicted octanol–water partition coefficient (Wildman–Crippen LogP) is -1.12. The fraction of sp³-hybridized carbons (Fsp3) is 0.571. The minimum atomic E-state index is -0.419. The number of anilines is 2. The van der Waals surface area contributed by atoms with Crippen LogP contribution in [0.15, 0.2) is 0 Å². The SMILES string of the molecule is CNc1nc(N)nc(C(N)CCO)n1. The molecule has 1 rings (SSSR count). The molecule has 7 nitrogen and oxygen atoms in total. The standard InChI is InChI=1S/C7H14N6O/c1-10-7-12-5(4(8)2-3-14)11-6(9)13-7/h4,14H,2-3,8H2,1H3,(H3,9,10,11,12,13). The van der Waals surface area contributed by atoms with E-state index in [0.29, 0.717) is 18.2 Å². The molecule has 0 saturated carbocycles. The van der Waals surface area contributed by atoms with Gasteiger partial charge < -0.3 is 21.9 Å². The molecule has 0 radical (unpaired) electrons. The number of hydrogen-bond acceptors (Lipinski definition) is 7. The van der Waals surface area contributed by atoms with E-state index >= 15 is 0 Å². The van der Waals surface area contributed by atoms with Gasteiger partial charge in [-0.2, -0.15) is 15.0 Å². The van der Waals surface area contributed by atoms with Crippen molar-refractivity contribution < 1.29 is 5.11 Å². The molecule has 1 atom stereocenters. The molecule has 6 N–H and O–H groups in total. The van der Waals surface area contributed by atoms with Crippen LogP contribution in [-0.4, -0.2) is 33.7 Å². The van der Waals surface area contributed by atoms with Gasteiger partial charge in [0.05, 0.1) is 6.04 Å². The lowest BCUT2D eigenvalue weighted by atomic mass is 10.2. The van der Waals surface area contributed by atoms with Crippen molar-refractivity contribution in [1.82, 2.24) is 15.0 Å². The minimum Gasteiger partial charge on any atom is -0.396 e. The summed E-state index contributed by atoms with van der Waals surface area (Å²) in [6.45, 7) is -0.0123. The lowest BCUT2D eigenvalue weighted by molar-refractivity contribution is 0.274. The third-order valence-corrected chi connectivity index (χ3v) is 1.67. The Morgan fingerprint density at radius 1 is 1.43 bits per heavy atom. The van der Waals surface area contributed by atoms with Crippen LogP contribution in [0.5, 0.6) is 0 Å². The van der Waals surface area contributed by atoms with Gasteiger partial charge in [-0.15, -0.1) is 0 Å². The van der Waals surface area contributed by atoms with Crippen molar-refractivity contribution in [1.29, 1.82) is 0 Å². The zero-order chi connectivity index (χ0) is 10.6. The average Bonchev–Trinajstić information content (AvgIpc) is 2.17. The Labute approximate surface area is 81.6 Å². The fourth-order valence-electron chi connectivity index (χ4n) is 0.955. The number of nitrogen functional groups attached to an aromatic ring is 1. The molecule has 0 aliphatic rings. The van der Waals surface area contributed by atoms with Crippen molar-refractivity contribution in [2.45, 2.75) is 12.5 Å². The molecular weight excluding hydrogens is 184 g/mol. The summed E-state index contributed by atoms with van der Waals surface area (Å²) < 4.78 is 0. The summed E-state index contributed by atoms with van der Waals surface area (Å²) in [7, 11) is 1.68. The highest BCUT2D eigenvalue weighted by atomic mass is 16.3. The van der Waals surface area contributed by atoms with Crippen LogP contribution in [0, 0.1) is 0 Å². The molecule has 78 valence electrons. The summed E-state index contributed by atoms with van der Waals surface area (Å²) in [5, 5.41) is 11.4. The molecule has 0 fully saturated rings. The van der Waals surface area contributed by atoms with Gasteiger partial charge in [0.25, 0.3) is 0 Å². The molecule has 0 aromatic carbocycles. The second-order valence-electron chi connectivity index (χ2n) is 2.74. The number of hydrogen-bond donors (Lipinski definition) is 4. The minimum absolute atomic E-state index is 0.0123. The number of aromatic nitrogens is 3. The molecule has 1 heterocycles. The first-order chi connectivity index (χ1) is 6.67. The van der Waals surface area contributed by atoms with Crippen LogP contribution in [0.1, 0.15) is 18.3 Å². The van der Waals surface area contributed by atoms with E-state index < -0.39 is 6.04 Å². The highest BCUT2D eigenvalue weighted by Gasteiger charge is 2.11. The van der Waals surface area contributed by atoms with E-state index in [0.717, 1.165) is 0 Å². The normalized spacial score (nSPS) is 12.5. The summed E-state index contributed by atoms with van der Waals surface area (Å²) in [6, 6.07) is -0.419. The zero-order valence-electron chi connectivity index (χ0n) is 7.94. The smallest absolute Gasteiger partial charge is 0.227 e. The van der Waals surface area contributed by atoms with Crippen LogP contribution >= 0.6 is 0 Å². The van der Waals surface area contributed by atoms with Crippen molar-refractivity contribution in [3.63, 3.8) is 0 Å². The van der Waals surface area contributed by atoms with Gasteiger partial charge in [-0.05, 0) is 6.42 Å². The molecular formula is C7H14N6O. The van der Waals surface area contributed by atoms with Crippen molar-refractivity contribution in [2.24, 2.45) is 5.73 Å². The monoisotopic (exact) mass is 198 g/mol. The van der Waals surface area contributed by atoms with Gasteiger partial charge in [0.2, 0.25) is 11.9 Å². The molecule has 1 aromatic rings. The van der Waals surface area contributed by atoms with Crippen LogP contribution < -0.4 is 16.8 Å². The number of aliphatic hydroxyl groups is 1. The Kier molecular flexibility index (Phi) is 3.55. The molecule has 1 unspecified atom stereocenters. The van der Waals surface area contributed by atoms with Crippen molar-refractivity contribution in [2.75, 3.05) is 24.7 Å². The first kappa shape index (κ1) is 10.6. The van der Waals surface area contributed by atoms with Crippen molar-refractivity contribution >= 4 is 11.9 Å². The fourth-order valence-corrected chi connectivity index (χ4v) is 0.955. The van der Waals surface area contributed by atoms with Crippen LogP contribution in [0.4, 0.5) is 11.9 Å². The Hall–Kier alpha value is -1.47. The molecule has 0 spiro atoms. The summed E-state index contributed by atoms with van der Waals surface area (Å²) in [6.07, 6.45) is 0.395. The molecule has 1 aromatic heterocycles. The lowest BCUT2D eigenvalue weighted by Crippen LogP contribution is -2.18. The maximum Gasteiger partial charge on any atom is 0.227 e. The van der Waals surface area contributed by atoms with E-state index in [2.05, 4.69) is 20.3 Å². The van der Waals surface area contributed by atoms with Gasteiger partial charge in [0.15, 0.2) is 5.82 Å². The molecule has 0 bridgehead atoms. The Balaban J connectivity index is 2.90. The summed E-state index contributed by atoms with van der Waals surface area (Å²) in [4.78, 5) is 11.7. The second-order valence-corrected chi connectivity index (χ2v) is 2.74. The van der Waals surface area contributed by atoms with E-state index in [9.17, 15) is 0 Å². The van der Waals surface area contributed by atoms with Gasteiger partial charge in [-0.3, -0.25) is 0 Å². The molecule has 0 aliphatic carbocycles. The first-order valence-electron chi connectivity index (χ1n) is 4.23. The highest BCUT2D eigenvalue weighted by Crippen LogP contribution is 2.11. The first-order valence-corrected chi connectivity index (χ1v) is 4.23. The topological polar surface area (TPSA) is 123 Å². The van der Waals surface area contributed by atoms with Crippen LogP contribution in [0.25, 0.3) is 0 Å². The van der Waals surface area contributed by atoms with E-state index in [4.69, 9.17) is 16.6 Å². The van der Waals surface area contributed by atoms with Crippen LogP contribution in [0.2, 0.25) is 0 Å². The lowest BCUT2D eigenvalue weighted by Gasteiger charge is -2.09. The largest absolute Gasteiger partial charge is 0.396 e. The molecule has 0 amide bonds. The van der Waals surface area contributed by atoms with E-state index in [1.54, 1.807) is 7.05 Å². The van der Waals surface area contributed by atoms with Crippen molar-refractivity contribution in [3.05, 3.63) is 5.82 Å². The second kappa shape index (κ2) is 4.68. The number of nitrogens with zero attached hydrogens (tertiary/aromatic N) is 3. The van der Waals surface area contributed by atoms with Gasteiger partial charge in [0, 0.05) is 13.7 Å². The average molecular weight is 198 g/mol. The maximum absolute atomic E-state index is 8.70. The maximum atomic E-state index is 8.70. The quantitative estimate of drug-likeness (QED) is 0.483.